The topological polar surface area (TPSA) is 54.7 Å². The first-order valence-corrected chi connectivity index (χ1v) is 7.10. The number of halogens is 4. The predicted octanol–water partition coefficient (Wildman–Crippen LogP) is 5.02. The first-order valence-electron chi connectivity index (χ1n) is 5.55. The van der Waals surface area contributed by atoms with Crippen LogP contribution in [-0.2, 0) is 0 Å². The Bertz CT molecular complexity index is 770. The van der Waals surface area contributed by atoms with Gasteiger partial charge in [-0.2, -0.15) is 0 Å². The van der Waals surface area contributed by atoms with Crippen molar-refractivity contribution in [3.05, 3.63) is 44.6 Å². The van der Waals surface area contributed by atoms with Gasteiger partial charge in [0.25, 0.3) is 0 Å². The second-order valence-corrected chi connectivity index (χ2v) is 5.89. The van der Waals surface area contributed by atoms with E-state index in [1.165, 1.54) is 6.07 Å². The lowest BCUT2D eigenvalue weighted by atomic mass is 10.2. The van der Waals surface area contributed by atoms with Crippen LogP contribution in [0.15, 0.2) is 28.7 Å². The monoisotopic (exact) mass is 373 g/mol. The molecule has 3 nitrogen and oxygen atoms in total. The van der Waals surface area contributed by atoms with Gasteiger partial charge >= 0.3 is 0 Å². The average Bonchev–Trinajstić information content (AvgIpc) is 2.79. The van der Waals surface area contributed by atoms with Gasteiger partial charge in [-0.15, -0.1) is 0 Å². The number of anilines is 1. The lowest BCUT2D eigenvalue weighted by Gasteiger charge is -2.03. The van der Waals surface area contributed by atoms with Gasteiger partial charge in [-0.25, -0.2) is 9.37 Å². The number of aromatic nitrogens is 2. The molecule has 1 aromatic heterocycles. The lowest BCUT2D eigenvalue weighted by molar-refractivity contribution is 0.623. The maximum Gasteiger partial charge on any atom is 0.139 e. The Morgan fingerprint density at radius 3 is 2.45 bits per heavy atom. The third-order valence-corrected chi connectivity index (χ3v) is 4.11. The van der Waals surface area contributed by atoms with Gasteiger partial charge in [0.05, 0.1) is 31.2 Å². The van der Waals surface area contributed by atoms with Crippen LogP contribution >= 0.6 is 39.1 Å². The van der Waals surface area contributed by atoms with Crippen molar-refractivity contribution in [3.63, 3.8) is 0 Å². The molecule has 0 spiro atoms. The number of nitrogens with zero attached hydrogens (tertiary/aromatic N) is 1. The molecule has 3 N–H and O–H groups in total. The number of nitrogens with one attached hydrogen (secondary N) is 1. The van der Waals surface area contributed by atoms with E-state index in [9.17, 15) is 4.39 Å². The molecule has 3 aromatic rings. The Hall–Kier alpha value is -1.30. The quantitative estimate of drug-likeness (QED) is 0.587. The van der Waals surface area contributed by atoms with E-state index in [0.29, 0.717) is 42.6 Å². The van der Waals surface area contributed by atoms with Crippen LogP contribution in [0.25, 0.3) is 22.4 Å². The Balaban J connectivity index is 2.20. The van der Waals surface area contributed by atoms with Crippen LogP contribution in [0.5, 0.6) is 0 Å². The second-order valence-electron chi connectivity index (χ2n) is 4.22. The van der Waals surface area contributed by atoms with Crippen molar-refractivity contribution in [2.24, 2.45) is 0 Å². The lowest BCUT2D eigenvalue weighted by Crippen LogP contribution is -1.89. The van der Waals surface area contributed by atoms with Gasteiger partial charge in [0.15, 0.2) is 0 Å². The van der Waals surface area contributed by atoms with Crippen LogP contribution in [0, 0.1) is 5.82 Å². The summed E-state index contributed by atoms with van der Waals surface area (Å²) in [5.74, 6) is 0.183. The molecule has 102 valence electrons. The summed E-state index contributed by atoms with van der Waals surface area (Å²) in [4.78, 5) is 7.41. The van der Waals surface area contributed by atoms with Gasteiger partial charge in [-0.3, -0.25) is 0 Å². The van der Waals surface area contributed by atoms with Gasteiger partial charge < -0.3 is 10.7 Å². The minimum atomic E-state index is -0.360. The molecule has 0 atom stereocenters. The minimum absolute atomic E-state index is 0.321. The molecule has 0 amide bonds. The van der Waals surface area contributed by atoms with E-state index in [1.807, 2.05) is 0 Å². The molecule has 0 aliphatic rings. The first kappa shape index (κ1) is 13.7. The molecular formula is C13H7BrCl2FN3. The zero-order valence-electron chi connectivity index (χ0n) is 9.85. The zero-order chi connectivity index (χ0) is 14.4. The Morgan fingerprint density at radius 2 is 1.80 bits per heavy atom. The molecular weight excluding hydrogens is 368 g/mol. The number of imidazole rings is 1. The second kappa shape index (κ2) is 4.91. The third-order valence-electron chi connectivity index (χ3n) is 2.88. The van der Waals surface area contributed by atoms with Crippen LogP contribution in [-0.4, -0.2) is 9.97 Å². The van der Waals surface area contributed by atoms with Crippen LogP contribution in [0.3, 0.4) is 0 Å². The highest BCUT2D eigenvalue weighted by atomic mass is 79.9. The summed E-state index contributed by atoms with van der Waals surface area (Å²) in [5.41, 5.74) is 7.92. The normalized spacial score (nSPS) is 11.2. The van der Waals surface area contributed by atoms with E-state index < -0.39 is 0 Å². The van der Waals surface area contributed by atoms with Crippen LogP contribution in [0.1, 0.15) is 0 Å². The molecule has 0 bridgehead atoms. The van der Waals surface area contributed by atoms with Crippen molar-refractivity contribution >= 4 is 55.9 Å². The molecule has 0 fully saturated rings. The number of aromatic amines is 1. The molecule has 0 aliphatic heterocycles. The number of H-pyrrole nitrogens is 1. The summed E-state index contributed by atoms with van der Waals surface area (Å²) in [6, 6.07) is 6.29. The van der Waals surface area contributed by atoms with Gasteiger partial charge in [0.2, 0.25) is 0 Å². The van der Waals surface area contributed by atoms with E-state index in [4.69, 9.17) is 28.9 Å². The maximum absolute atomic E-state index is 13.5. The molecule has 7 heteroatoms. The summed E-state index contributed by atoms with van der Waals surface area (Å²) in [7, 11) is 0. The highest BCUT2D eigenvalue weighted by molar-refractivity contribution is 9.10. The molecule has 0 saturated carbocycles. The van der Waals surface area contributed by atoms with Gasteiger partial charge in [-0.1, -0.05) is 23.2 Å². The van der Waals surface area contributed by atoms with Crippen molar-refractivity contribution in [3.8, 4) is 11.4 Å². The highest BCUT2D eigenvalue weighted by Crippen LogP contribution is 2.33. The summed E-state index contributed by atoms with van der Waals surface area (Å²) in [5, 5.41) is 0.695. The van der Waals surface area contributed by atoms with Crippen molar-refractivity contribution in [1.29, 1.82) is 0 Å². The van der Waals surface area contributed by atoms with E-state index in [-0.39, 0.29) is 5.82 Å². The molecule has 2 aromatic carbocycles. The molecule has 0 unspecified atom stereocenters. The number of hydrogen-bond donors (Lipinski definition) is 2. The standard InChI is InChI=1S/C13H7BrCl2FN3/c14-6-3-10-11(4-9(6)17)20-13(19-10)5-1-7(15)12(18)8(16)2-5/h1-4H,18H2,(H,19,20). The number of benzene rings is 2. The van der Waals surface area contributed by atoms with E-state index >= 15 is 0 Å². The predicted molar refractivity (Wildman–Crippen MR) is 83.6 cm³/mol. The number of fused-ring (bicyclic) bond motifs is 1. The first-order chi connectivity index (χ1) is 9.45. The fraction of sp³-hybridized carbons (Fsp3) is 0. The fourth-order valence-electron chi connectivity index (χ4n) is 1.86. The summed E-state index contributed by atoms with van der Waals surface area (Å²) in [6.07, 6.45) is 0. The van der Waals surface area contributed by atoms with E-state index in [2.05, 4.69) is 25.9 Å². The van der Waals surface area contributed by atoms with E-state index in [0.717, 1.165) is 0 Å². The smallest absolute Gasteiger partial charge is 0.139 e. The van der Waals surface area contributed by atoms with Crippen molar-refractivity contribution in [1.82, 2.24) is 9.97 Å². The van der Waals surface area contributed by atoms with E-state index in [1.54, 1.807) is 18.2 Å². The highest BCUT2D eigenvalue weighted by Gasteiger charge is 2.12. The molecule has 20 heavy (non-hydrogen) atoms. The van der Waals surface area contributed by atoms with Gasteiger partial charge in [-0.05, 0) is 34.1 Å². The summed E-state index contributed by atoms with van der Waals surface area (Å²) in [6.45, 7) is 0. The Morgan fingerprint density at radius 1 is 1.15 bits per heavy atom. The van der Waals surface area contributed by atoms with Crippen molar-refractivity contribution in [2.45, 2.75) is 0 Å². The Kier molecular flexibility index (Phi) is 3.36. The molecule has 0 saturated heterocycles. The summed E-state index contributed by atoms with van der Waals surface area (Å²) >= 11 is 15.1. The fourth-order valence-corrected chi connectivity index (χ4v) is 2.68. The number of nitrogen functional groups attached to an aromatic ring is 1. The maximum atomic E-state index is 13.5. The molecule has 0 aliphatic carbocycles. The van der Waals surface area contributed by atoms with Gasteiger partial charge in [0.1, 0.15) is 11.6 Å². The number of rotatable bonds is 1. The van der Waals surface area contributed by atoms with Crippen LogP contribution in [0.2, 0.25) is 10.0 Å². The van der Waals surface area contributed by atoms with Crippen LogP contribution < -0.4 is 5.73 Å². The van der Waals surface area contributed by atoms with Crippen molar-refractivity contribution in [2.75, 3.05) is 5.73 Å². The third kappa shape index (κ3) is 2.26. The average molecular weight is 375 g/mol. The molecule has 3 rings (SSSR count). The minimum Gasteiger partial charge on any atom is -0.396 e. The zero-order valence-corrected chi connectivity index (χ0v) is 12.9. The van der Waals surface area contributed by atoms with Crippen molar-refractivity contribution < 1.29 is 4.39 Å². The largest absolute Gasteiger partial charge is 0.396 e. The van der Waals surface area contributed by atoms with Crippen LogP contribution in [0.4, 0.5) is 10.1 Å². The SMILES string of the molecule is Nc1c(Cl)cc(-c2nc3cc(Br)c(F)cc3[nH]2)cc1Cl. The Labute approximate surface area is 132 Å². The molecule has 1 heterocycles. The number of nitrogens with two attached hydrogens (primary N) is 1. The number of hydrogen-bond acceptors (Lipinski definition) is 2. The summed E-state index contributed by atoms with van der Waals surface area (Å²) < 4.78 is 13.8. The molecule has 0 radical (unpaired) electrons. The van der Waals surface area contributed by atoms with Gasteiger partial charge in [0, 0.05) is 11.6 Å².